The van der Waals surface area contributed by atoms with E-state index in [9.17, 15) is 9.90 Å². The van der Waals surface area contributed by atoms with Gasteiger partial charge in [-0.05, 0) is 26.0 Å². The Morgan fingerprint density at radius 3 is 2.32 bits per heavy atom. The smallest absolute Gasteiger partial charge is 0.321 e. The van der Waals surface area contributed by atoms with Gasteiger partial charge >= 0.3 is 5.97 Å². The van der Waals surface area contributed by atoms with Crippen molar-refractivity contribution >= 4 is 5.97 Å². The lowest BCUT2D eigenvalue weighted by Gasteiger charge is -2.36. The molecule has 0 bridgehead atoms. The van der Waals surface area contributed by atoms with Crippen molar-refractivity contribution in [1.82, 2.24) is 9.80 Å². The van der Waals surface area contributed by atoms with E-state index in [-0.39, 0.29) is 0 Å². The van der Waals surface area contributed by atoms with Gasteiger partial charge in [0.1, 0.15) is 6.04 Å². The fourth-order valence-corrected chi connectivity index (χ4v) is 2.45. The van der Waals surface area contributed by atoms with Crippen LogP contribution in [-0.4, -0.2) is 60.1 Å². The number of nitrogens with zero attached hydrogens (tertiary/aromatic N) is 2. The van der Waals surface area contributed by atoms with Crippen LogP contribution in [0, 0.1) is 6.92 Å². The van der Waals surface area contributed by atoms with Crippen LogP contribution in [0.4, 0.5) is 0 Å². The van der Waals surface area contributed by atoms with E-state index >= 15 is 0 Å². The van der Waals surface area contributed by atoms with Crippen molar-refractivity contribution in [2.24, 2.45) is 0 Å². The number of carboxylic acid groups (broad SMARTS) is 1. The Morgan fingerprint density at radius 1 is 1.21 bits per heavy atom. The highest BCUT2D eigenvalue weighted by atomic mass is 16.4. The SMILES string of the molecule is Cc1ccc(CC(C(=O)O)N2CCN(C)CC2)cc1. The molecular weight excluding hydrogens is 240 g/mol. The molecule has 1 saturated heterocycles. The molecule has 1 heterocycles. The summed E-state index contributed by atoms with van der Waals surface area (Å²) in [6.07, 6.45) is 0.583. The zero-order valence-electron chi connectivity index (χ0n) is 11.7. The second kappa shape index (κ2) is 6.17. The average molecular weight is 262 g/mol. The molecule has 0 aliphatic carbocycles. The van der Waals surface area contributed by atoms with Gasteiger partial charge in [0.25, 0.3) is 0 Å². The van der Waals surface area contributed by atoms with E-state index in [0.717, 1.165) is 31.7 Å². The molecule has 0 aromatic heterocycles. The van der Waals surface area contributed by atoms with Crippen molar-refractivity contribution in [3.05, 3.63) is 35.4 Å². The molecule has 1 aromatic rings. The van der Waals surface area contributed by atoms with Crippen LogP contribution < -0.4 is 0 Å². The zero-order chi connectivity index (χ0) is 13.8. The molecule has 1 aliphatic rings. The highest BCUT2D eigenvalue weighted by Crippen LogP contribution is 2.13. The number of carbonyl (C=O) groups is 1. The first-order valence-corrected chi connectivity index (χ1v) is 6.77. The molecule has 1 fully saturated rings. The van der Waals surface area contributed by atoms with E-state index in [1.54, 1.807) is 0 Å². The number of hydrogen-bond donors (Lipinski definition) is 1. The second-order valence-corrected chi connectivity index (χ2v) is 5.38. The van der Waals surface area contributed by atoms with E-state index in [2.05, 4.69) is 16.8 Å². The van der Waals surface area contributed by atoms with Gasteiger partial charge in [-0.25, -0.2) is 0 Å². The normalized spacial score (nSPS) is 19.3. The van der Waals surface area contributed by atoms with Gasteiger partial charge in [0.15, 0.2) is 0 Å². The summed E-state index contributed by atoms with van der Waals surface area (Å²) in [4.78, 5) is 15.8. The molecule has 0 saturated carbocycles. The van der Waals surface area contributed by atoms with Crippen molar-refractivity contribution in [2.75, 3.05) is 33.2 Å². The first-order valence-electron chi connectivity index (χ1n) is 6.77. The number of carboxylic acids is 1. The molecule has 4 heteroatoms. The third-order valence-corrected chi connectivity index (χ3v) is 3.81. The average Bonchev–Trinajstić information content (AvgIpc) is 2.39. The Hall–Kier alpha value is -1.39. The Balaban J connectivity index is 2.04. The third kappa shape index (κ3) is 3.78. The Labute approximate surface area is 114 Å². The van der Waals surface area contributed by atoms with Crippen LogP contribution in [0.5, 0.6) is 0 Å². The van der Waals surface area contributed by atoms with Crippen LogP contribution in [0.15, 0.2) is 24.3 Å². The number of hydrogen-bond acceptors (Lipinski definition) is 3. The number of piperazine rings is 1. The van der Waals surface area contributed by atoms with Crippen LogP contribution in [-0.2, 0) is 11.2 Å². The second-order valence-electron chi connectivity index (χ2n) is 5.38. The van der Waals surface area contributed by atoms with Crippen LogP contribution in [0.2, 0.25) is 0 Å². The number of benzene rings is 1. The van der Waals surface area contributed by atoms with Crippen LogP contribution >= 0.6 is 0 Å². The first-order chi connectivity index (χ1) is 9.06. The van der Waals surface area contributed by atoms with E-state index in [4.69, 9.17) is 0 Å². The minimum absolute atomic E-state index is 0.406. The van der Waals surface area contributed by atoms with Gasteiger partial charge in [0, 0.05) is 26.2 Å². The topological polar surface area (TPSA) is 43.8 Å². The van der Waals surface area contributed by atoms with Gasteiger partial charge < -0.3 is 10.0 Å². The van der Waals surface area contributed by atoms with E-state index < -0.39 is 12.0 Å². The Kier molecular flexibility index (Phi) is 4.56. The van der Waals surface area contributed by atoms with E-state index in [1.807, 2.05) is 31.2 Å². The standard InChI is InChI=1S/C15H22N2O2/c1-12-3-5-13(6-4-12)11-14(15(18)19)17-9-7-16(2)8-10-17/h3-6,14H,7-11H2,1-2H3,(H,18,19). The monoisotopic (exact) mass is 262 g/mol. The lowest BCUT2D eigenvalue weighted by Crippen LogP contribution is -2.52. The lowest BCUT2D eigenvalue weighted by molar-refractivity contribution is -0.144. The van der Waals surface area contributed by atoms with E-state index in [1.165, 1.54) is 5.56 Å². The third-order valence-electron chi connectivity index (χ3n) is 3.81. The van der Waals surface area contributed by atoms with Gasteiger partial charge in [-0.15, -0.1) is 0 Å². The summed E-state index contributed by atoms with van der Waals surface area (Å²) >= 11 is 0. The van der Waals surface area contributed by atoms with Gasteiger partial charge in [-0.2, -0.15) is 0 Å². The van der Waals surface area contributed by atoms with Gasteiger partial charge in [-0.3, -0.25) is 9.69 Å². The zero-order valence-corrected chi connectivity index (χ0v) is 11.7. The molecule has 1 aliphatic heterocycles. The maximum absolute atomic E-state index is 11.5. The van der Waals surface area contributed by atoms with Crippen LogP contribution in [0.3, 0.4) is 0 Å². The molecule has 1 unspecified atom stereocenters. The fourth-order valence-electron chi connectivity index (χ4n) is 2.45. The minimum atomic E-state index is -0.717. The largest absolute Gasteiger partial charge is 0.480 e. The molecule has 1 N–H and O–H groups in total. The Bertz CT molecular complexity index is 422. The summed E-state index contributed by atoms with van der Waals surface area (Å²) in [6.45, 7) is 5.59. The molecule has 19 heavy (non-hydrogen) atoms. The number of aryl methyl sites for hydroxylation is 1. The minimum Gasteiger partial charge on any atom is -0.480 e. The summed E-state index contributed by atoms with van der Waals surface area (Å²) in [5, 5.41) is 9.45. The van der Waals surface area contributed by atoms with Crippen molar-refractivity contribution < 1.29 is 9.90 Å². The maximum Gasteiger partial charge on any atom is 0.321 e. The molecule has 0 spiro atoms. The van der Waals surface area contributed by atoms with Crippen LogP contribution in [0.1, 0.15) is 11.1 Å². The van der Waals surface area contributed by atoms with Crippen LogP contribution in [0.25, 0.3) is 0 Å². The van der Waals surface area contributed by atoms with Crippen molar-refractivity contribution in [1.29, 1.82) is 0 Å². The summed E-state index contributed by atoms with van der Waals surface area (Å²) in [6, 6.07) is 7.73. The quantitative estimate of drug-likeness (QED) is 0.886. The molecule has 0 radical (unpaired) electrons. The Morgan fingerprint density at radius 2 is 1.79 bits per heavy atom. The molecule has 2 rings (SSSR count). The predicted molar refractivity (Wildman–Crippen MR) is 75.4 cm³/mol. The predicted octanol–water partition coefficient (Wildman–Crippen LogP) is 1.24. The van der Waals surface area contributed by atoms with Gasteiger partial charge in [0.2, 0.25) is 0 Å². The van der Waals surface area contributed by atoms with E-state index in [0.29, 0.717) is 6.42 Å². The number of likely N-dealkylation sites (N-methyl/N-ethyl adjacent to an activating group) is 1. The molecule has 1 aromatic carbocycles. The maximum atomic E-state index is 11.5. The van der Waals surface area contributed by atoms with Crippen molar-refractivity contribution in [2.45, 2.75) is 19.4 Å². The van der Waals surface area contributed by atoms with Gasteiger partial charge in [-0.1, -0.05) is 29.8 Å². The summed E-state index contributed by atoms with van der Waals surface area (Å²) in [5.74, 6) is -0.717. The van der Waals surface area contributed by atoms with Crippen molar-refractivity contribution in [3.63, 3.8) is 0 Å². The highest BCUT2D eigenvalue weighted by Gasteiger charge is 2.28. The molecule has 0 amide bonds. The van der Waals surface area contributed by atoms with Crippen molar-refractivity contribution in [3.8, 4) is 0 Å². The fraction of sp³-hybridized carbons (Fsp3) is 0.533. The molecule has 104 valence electrons. The molecule has 4 nitrogen and oxygen atoms in total. The summed E-state index contributed by atoms with van der Waals surface area (Å²) < 4.78 is 0. The first kappa shape index (κ1) is 14.0. The molecular formula is C15H22N2O2. The summed E-state index contributed by atoms with van der Waals surface area (Å²) in [5.41, 5.74) is 2.30. The highest BCUT2D eigenvalue weighted by molar-refractivity contribution is 5.74. The van der Waals surface area contributed by atoms with Gasteiger partial charge in [0.05, 0.1) is 0 Å². The molecule has 1 atom stereocenters. The number of rotatable bonds is 4. The lowest BCUT2D eigenvalue weighted by atomic mass is 10.0. The summed E-state index contributed by atoms with van der Waals surface area (Å²) in [7, 11) is 2.08. The number of aliphatic carboxylic acids is 1.